The lowest BCUT2D eigenvalue weighted by molar-refractivity contribution is -0.135. The highest BCUT2D eigenvalue weighted by molar-refractivity contribution is 6.05. The van der Waals surface area contributed by atoms with Crippen molar-refractivity contribution >= 4 is 17.8 Å². The number of hydrogen-bond acceptors (Lipinski definition) is 4. The molecule has 1 aromatic carbocycles. The summed E-state index contributed by atoms with van der Waals surface area (Å²) in [6, 6.07) is 6.01. The number of amides is 1. The van der Waals surface area contributed by atoms with E-state index in [1.807, 2.05) is 0 Å². The minimum absolute atomic E-state index is 0.0839. The van der Waals surface area contributed by atoms with E-state index in [0.717, 1.165) is 0 Å². The standard InChI is InChI=1S/C11H11NO5/c1-17-11(16)8-5-3-2-4-7(8)10(15)12-6-9(13)14/h2-5H,6H2,1H3,(H,12,15)(H,13,14). The number of carbonyl (C=O) groups excluding carboxylic acids is 2. The molecule has 17 heavy (non-hydrogen) atoms. The van der Waals surface area contributed by atoms with Crippen LogP contribution >= 0.6 is 0 Å². The van der Waals surface area contributed by atoms with Crippen molar-refractivity contribution in [2.45, 2.75) is 0 Å². The Balaban J connectivity index is 2.93. The molecule has 1 rings (SSSR count). The molecule has 0 fully saturated rings. The van der Waals surface area contributed by atoms with Crippen LogP contribution in [0.1, 0.15) is 20.7 Å². The molecule has 1 amide bonds. The second kappa shape index (κ2) is 5.64. The highest BCUT2D eigenvalue weighted by atomic mass is 16.5. The molecule has 90 valence electrons. The van der Waals surface area contributed by atoms with Crippen LogP contribution in [0.25, 0.3) is 0 Å². The van der Waals surface area contributed by atoms with Crippen molar-refractivity contribution in [2.24, 2.45) is 0 Å². The maximum atomic E-state index is 11.6. The van der Waals surface area contributed by atoms with E-state index in [1.54, 1.807) is 12.1 Å². The first kappa shape index (κ1) is 12.7. The molecule has 6 nitrogen and oxygen atoms in total. The third-order valence-electron chi connectivity index (χ3n) is 1.98. The molecule has 0 radical (unpaired) electrons. The maximum absolute atomic E-state index is 11.6. The van der Waals surface area contributed by atoms with Crippen LogP contribution in [0.3, 0.4) is 0 Å². The van der Waals surface area contributed by atoms with Gasteiger partial charge in [0.2, 0.25) is 0 Å². The first-order chi connectivity index (χ1) is 8.06. The zero-order chi connectivity index (χ0) is 12.8. The van der Waals surface area contributed by atoms with Crippen LogP contribution in [0.2, 0.25) is 0 Å². The highest BCUT2D eigenvalue weighted by Gasteiger charge is 2.16. The molecular formula is C11H11NO5. The molecule has 0 saturated heterocycles. The molecule has 0 bridgehead atoms. The van der Waals surface area contributed by atoms with Gasteiger partial charge in [-0.15, -0.1) is 0 Å². The largest absolute Gasteiger partial charge is 0.480 e. The van der Waals surface area contributed by atoms with Gasteiger partial charge in [-0.05, 0) is 12.1 Å². The topological polar surface area (TPSA) is 92.7 Å². The lowest BCUT2D eigenvalue weighted by atomic mass is 10.1. The molecular weight excluding hydrogens is 226 g/mol. The molecule has 2 N–H and O–H groups in total. The van der Waals surface area contributed by atoms with Gasteiger partial charge in [0.05, 0.1) is 18.2 Å². The fourth-order valence-corrected chi connectivity index (χ4v) is 1.22. The minimum atomic E-state index is -1.16. The van der Waals surface area contributed by atoms with E-state index >= 15 is 0 Å². The van der Waals surface area contributed by atoms with Gasteiger partial charge in [0.1, 0.15) is 6.54 Å². The number of carboxylic acid groups (broad SMARTS) is 1. The average Bonchev–Trinajstić information content (AvgIpc) is 2.34. The van der Waals surface area contributed by atoms with Crippen LogP contribution < -0.4 is 5.32 Å². The van der Waals surface area contributed by atoms with Crippen molar-refractivity contribution in [1.29, 1.82) is 0 Å². The lowest BCUT2D eigenvalue weighted by Crippen LogP contribution is -2.30. The van der Waals surface area contributed by atoms with E-state index in [-0.39, 0.29) is 11.1 Å². The van der Waals surface area contributed by atoms with Crippen molar-refractivity contribution in [3.63, 3.8) is 0 Å². The van der Waals surface area contributed by atoms with E-state index < -0.39 is 24.4 Å². The summed E-state index contributed by atoms with van der Waals surface area (Å²) in [5.41, 5.74) is 0.179. The van der Waals surface area contributed by atoms with Crippen LogP contribution in [0, 0.1) is 0 Å². The molecule has 0 aliphatic carbocycles. The van der Waals surface area contributed by atoms with Crippen molar-refractivity contribution in [2.75, 3.05) is 13.7 Å². The Morgan fingerprint density at radius 2 is 1.82 bits per heavy atom. The fourth-order valence-electron chi connectivity index (χ4n) is 1.22. The monoisotopic (exact) mass is 237 g/mol. The Morgan fingerprint density at radius 1 is 1.24 bits per heavy atom. The van der Waals surface area contributed by atoms with Crippen LogP contribution in [0.15, 0.2) is 24.3 Å². The number of aliphatic carboxylic acids is 1. The number of carbonyl (C=O) groups is 3. The summed E-state index contributed by atoms with van der Waals surface area (Å²) in [5.74, 6) is -2.44. The van der Waals surface area contributed by atoms with Gasteiger partial charge in [0, 0.05) is 0 Å². The molecule has 6 heteroatoms. The van der Waals surface area contributed by atoms with E-state index in [1.165, 1.54) is 19.2 Å². The summed E-state index contributed by atoms with van der Waals surface area (Å²) in [6.45, 7) is -0.506. The summed E-state index contributed by atoms with van der Waals surface area (Å²) in [7, 11) is 1.20. The van der Waals surface area contributed by atoms with Gasteiger partial charge in [0.15, 0.2) is 0 Å². The third-order valence-corrected chi connectivity index (χ3v) is 1.98. The molecule has 0 aromatic heterocycles. The summed E-state index contributed by atoms with van der Waals surface area (Å²) >= 11 is 0. The predicted molar refractivity (Wildman–Crippen MR) is 57.8 cm³/mol. The molecule has 0 spiro atoms. The number of ether oxygens (including phenoxy) is 1. The highest BCUT2D eigenvalue weighted by Crippen LogP contribution is 2.09. The Labute approximate surface area is 97.2 Å². The number of rotatable bonds is 4. The van der Waals surface area contributed by atoms with Crippen LogP contribution in [-0.4, -0.2) is 36.6 Å². The van der Waals surface area contributed by atoms with E-state index in [2.05, 4.69) is 10.1 Å². The second-order valence-corrected chi connectivity index (χ2v) is 3.11. The smallest absolute Gasteiger partial charge is 0.338 e. The molecule has 1 aromatic rings. The quantitative estimate of drug-likeness (QED) is 0.734. The Hall–Kier alpha value is -2.37. The zero-order valence-electron chi connectivity index (χ0n) is 9.10. The maximum Gasteiger partial charge on any atom is 0.338 e. The van der Waals surface area contributed by atoms with Gasteiger partial charge in [-0.1, -0.05) is 12.1 Å². The summed E-state index contributed by atoms with van der Waals surface area (Å²) in [5, 5.41) is 10.6. The minimum Gasteiger partial charge on any atom is -0.480 e. The molecule has 0 unspecified atom stereocenters. The molecule has 0 saturated carbocycles. The summed E-state index contributed by atoms with van der Waals surface area (Å²) < 4.78 is 4.52. The first-order valence-electron chi connectivity index (χ1n) is 4.73. The molecule has 0 aliphatic rings. The van der Waals surface area contributed by atoms with Gasteiger partial charge < -0.3 is 15.2 Å². The normalized spacial score (nSPS) is 9.47. The predicted octanol–water partition coefficient (Wildman–Crippen LogP) is 0.288. The Morgan fingerprint density at radius 3 is 2.35 bits per heavy atom. The van der Waals surface area contributed by atoms with Crippen LogP contribution in [0.5, 0.6) is 0 Å². The number of benzene rings is 1. The number of nitrogens with one attached hydrogen (secondary N) is 1. The van der Waals surface area contributed by atoms with Crippen LogP contribution in [-0.2, 0) is 9.53 Å². The number of carboxylic acids is 1. The lowest BCUT2D eigenvalue weighted by Gasteiger charge is -2.07. The number of esters is 1. The number of methoxy groups -OCH3 is 1. The van der Waals surface area contributed by atoms with E-state index in [4.69, 9.17) is 5.11 Å². The Kier molecular flexibility index (Phi) is 4.21. The van der Waals surface area contributed by atoms with Crippen molar-refractivity contribution in [3.8, 4) is 0 Å². The van der Waals surface area contributed by atoms with Crippen molar-refractivity contribution < 1.29 is 24.2 Å². The van der Waals surface area contributed by atoms with Gasteiger partial charge in [0.25, 0.3) is 5.91 Å². The fraction of sp³-hybridized carbons (Fsp3) is 0.182. The van der Waals surface area contributed by atoms with Crippen molar-refractivity contribution in [3.05, 3.63) is 35.4 Å². The molecule has 0 aliphatic heterocycles. The SMILES string of the molecule is COC(=O)c1ccccc1C(=O)NCC(=O)O. The van der Waals surface area contributed by atoms with E-state index in [0.29, 0.717) is 0 Å². The van der Waals surface area contributed by atoms with Crippen molar-refractivity contribution in [1.82, 2.24) is 5.32 Å². The third kappa shape index (κ3) is 3.30. The molecule has 0 heterocycles. The van der Waals surface area contributed by atoms with E-state index in [9.17, 15) is 14.4 Å². The van der Waals surface area contributed by atoms with Gasteiger partial charge in [-0.3, -0.25) is 9.59 Å². The number of hydrogen-bond donors (Lipinski definition) is 2. The molecule has 0 atom stereocenters. The zero-order valence-corrected chi connectivity index (χ0v) is 9.10. The van der Waals surface area contributed by atoms with Crippen LogP contribution in [0.4, 0.5) is 0 Å². The second-order valence-electron chi connectivity index (χ2n) is 3.11. The van der Waals surface area contributed by atoms with Gasteiger partial charge in [-0.25, -0.2) is 4.79 Å². The summed E-state index contributed by atoms with van der Waals surface area (Å²) in [6.07, 6.45) is 0. The average molecular weight is 237 g/mol. The summed E-state index contributed by atoms with van der Waals surface area (Å²) in [4.78, 5) is 33.3. The van der Waals surface area contributed by atoms with Gasteiger partial charge >= 0.3 is 11.9 Å². The van der Waals surface area contributed by atoms with Gasteiger partial charge in [-0.2, -0.15) is 0 Å². The first-order valence-corrected chi connectivity index (χ1v) is 4.73. The Bertz CT molecular complexity index is 455.